The third-order valence-electron chi connectivity index (χ3n) is 4.78. The Bertz CT molecular complexity index is 668. The van der Waals surface area contributed by atoms with Crippen LogP contribution in [-0.2, 0) is 21.2 Å². The smallest absolute Gasteiger partial charge is 0.222 e. The minimum atomic E-state index is -3.17. The maximum absolute atomic E-state index is 12.5. The normalized spacial score (nSPS) is 18.6. The molecule has 1 N–H and O–H groups in total. The number of aryl methyl sites for hydroxylation is 1. The molecule has 1 heterocycles. The van der Waals surface area contributed by atoms with E-state index in [4.69, 9.17) is 0 Å². The molecule has 1 saturated heterocycles. The summed E-state index contributed by atoms with van der Waals surface area (Å²) in [6.07, 6.45) is 4.32. The van der Waals surface area contributed by atoms with Gasteiger partial charge in [-0.3, -0.25) is 4.79 Å². The van der Waals surface area contributed by atoms with Gasteiger partial charge in [0.05, 0.1) is 6.26 Å². The number of likely N-dealkylation sites (tertiary alicyclic amines) is 1. The SMILES string of the molecule is CC(C)c1ccc(CCC(=O)N2CCCC(CNS(C)(=O)=O)C2)cc1. The van der Waals surface area contributed by atoms with Crippen molar-refractivity contribution in [2.75, 3.05) is 25.9 Å². The quantitative estimate of drug-likeness (QED) is 0.806. The summed E-state index contributed by atoms with van der Waals surface area (Å²) < 4.78 is 25.0. The van der Waals surface area contributed by atoms with Crippen LogP contribution in [0.5, 0.6) is 0 Å². The summed E-state index contributed by atoms with van der Waals surface area (Å²) in [5.74, 6) is 0.885. The first-order valence-electron chi connectivity index (χ1n) is 9.06. The summed E-state index contributed by atoms with van der Waals surface area (Å²) >= 11 is 0. The summed E-state index contributed by atoms with van der Waals surface area (Å²) in [5.41, 5.74) is 2.50. The minimum Gasteiger partial charge on any atom is -0.342 e. The Morgan fingerprint density at radius 2 is 1.96 bits per heavy atom. The van der Waals surface area contributed by atoms with Crippen LogP contribution in [-0.4, -0.2) is 45.1 Å². The molecule has 6 heteroatoms. The first-order valence-corrected chi connectivity index (χ1v) is 10.9. The molecule has 1 atom stereocenters. The standard InChI is InChI=1S/C19H30N2O3S/c1-15(2)18-9-6-16(7-10-18)8-11-19(22)21-12-4-5-17(14-21)13-20-25(3,23)24/h6-7,9-10,15,17,20H,4-5,8,11-14H2,1-3H3. The van der Waals surface area contributed by atoms with Crippen LogP contribution in [0.4, 0.5) is 0 Å². The molecule has 1 fully saturated rings. The fourth-order valence-corrected chi connectivity index (χ4v) is 3.74. The van der Waals surface area contributed by atoms with Crippen molar-refractivity contribution < 1.29 is 13.2 Å². The predicted octanol–water partition coefficient (Wildman–Crippen LogP) is 2.53. The molecule has 0 aromatic heterocycles. The van der Waals surface area contributed by atoms with Crippen LogP contribution in [0.3, 0.4) is 0 Å². The number of benzene rings is 1. The van der Waals surface area contributed by atoms with Crippen molar-refractivity contribution in [2.45, 2.75) is 45.4 Å². The molecule has 1 unspecified atom stereocenters. The van der Waals surface area contributed by atoms with Crippen LogP contribution in [0.15, 0.2) is 24.3 Å². The van der Waals surface area contributed by atoms with Crippen LogP contribution in [0.25, 0.3) is 0 Å². The first-order chi connectivity index (χ1) is 11.7. The van der Waals surface area contributed by atoms with Gasteiger partial charge in [-0.25, -0.2) is 13.1 Å². The summed E-state index contributed by atoms with van der Waals surface area (Å²) in [6, 6.07) is 8.49. The van der Waals surface area contributed by atoms with E-state index in [9.17, 15) is 13.2 Å². The zero-order valence-corrected chi connectivity index (χ0v) is 16.3. The Hall–Kier alpha value is -1.40. The van der Waals surface area contributed by atoms with Gasteiger partial charge in [-0.15, -0.1) is 0 Å². The van der Waals surface area contributed by atoms with Crippen molar-refractivity contribution in [1.82, 2.24) is 9.62 Å². The van der Waals surface area contributed by atoms with E-state index in [1.165, 1.54) is 17.4 Å². The molecule has 2 rings (SSSR count). The molecule has 0 radical (unpaired) electrons. The lowest BCUT2D eigenvalue weighted by atomic mass is 9.97. The van der Waals surface area contributed by atoms with Gasteiger partial charge in [0, 0.05) is 26.1 Å². The number of carbonyl (C=O) groups is 1. The number of hydrogen-bond acceptors (Lipinski definition) is 3. The maximum Gasteiger partial charge on any atom is 0.222 e. The van der Waals surface area contributed by atoms with Crippen molar-refractivity contribution >= 4 is 15.9 Å². The average molecular weight is 367 g/mol. The van der Waals surface area contributed by atoms with E-state index in [2.05, 4.69) is 42.8 Å². The molecule has 140 valence electrons. The molecule has 0 saturated carbocycles. The topological polar surface area (TPSA) is 66.5 Å². The van der Waals surface area contributed by atoms with E-state index in [0.29, 0.717) is 25.4 Å². The van der Waals surface area contributed by atoms with Gasteiger partial charge in [0.2, 0.25) is 15.9 Å². The monoisotopic (exact) mass is 366 g/mol. The zero-order valence-electron chi connectivity index (χ0n) is 15.5. The van der Waals surface area contributed by atoms with Gasteiger partial charge < -0.3 is 4.90 Å². The van der Waals surface area contributed by atoms with Gasteiger partial charge in [0.25, 0.3) is 0 Å². The molecule has 0 aliphatic carbocycles. The number of nitrogens with one attached hydrogen (secondary N) is 1. The molecular weight excluding hydrogens is 336 g/mol. The number of sulfonamides is 1. The number of piperidine rings is 1. The fourth-order valence-electron chi connectivity index (χ4n) is 3.21. The summed E-state index contributed by atoms with van der Waals surface area (Å²) in [7, 11) is -3.17. The second kappa shape index (κ2) is 8.81. The second-order valence-electron chi connectivity index (χ2n) is 7.36. The van der Waals surface area contributed by atoms with Crippen molar-refractivity contribution in [3.05, 3.63) is 35.4 Å². The Balaban J connectivity index is 1.81. The lowest BCUT2D eigenvalue weighted by Crippen LogP contribution is -2.43. The highest BCUT2D eigenvalue weighted by Gasteiger charge is 2.24. The lowest BCUT2D eigenvalue weighted by molar-refractivity contribution is -0.132. The summed E-state index contributed by atoms with van der Waals surface area (Å²) in [6.45, 7) is 6.18. The molecule has 1 aromatic rings. The van der Waals surface area contributed by atoms with E-state index < -0.39 is 10.0 Å². The number of amides is 1. The third kappa shape index (κ3) is 6.78. The molecule has 0 spiro atoms. The van der Waals surface area contributed by atoms with E-state index in [1.54, 1.807) is 0 Å². The summed E-state index contributed by atoms with van der Waals surface area (Å²) in [4.78, 5) is 14.4. The number of hydrogen-bond donors (Lipinski definition) is 1. The molecule has 1 aliphatic rings. The highest BCUT2D eigenvalue weighted by molar-refractivity contribution is 7.88. The second-order valence-corrected chi connectivity index (χ2v) is 9.20. The van der Waals surface area contributed by atoms with E-state index in [-0.39, 0.29) is 11.8 Å². The molecule has 0 bridgehead atoms. The first kappa shape index (κ1) is 19.9. The van der Waals surface area contributed by atoms with Crippen molar-refractivity contribution in [1.29, 1.82) is 0 Å². The lowest BCUT2D eigenvalue weighted by Gasteiger charge is -2.33. The van der Waals surface area contributed by atoms with Crippen LogP contribution < -0.4 is 4.72 Å². The predicted molar refractivity (Wildman–Crippen MR) is 101 cm³/mol. The number of nitrogens with zero attached hydrogens (tertiary/aromatic N) is 1. The minimum absolute atomic E-state index is 0.164. The Morgan fingerprint density at radius 3 is 2.56 bits per heavy atom. The molecule has 1 aliphatic heterocycles. The van der Waals surface area contributed by atoms with Gasteiger partial charge >= 0.3 is 0 Å². The number of carbonyl (C=O) groups excluding carboxylic acids is 1. The van der Waals surface area contributed by atoms with Crippen molar-refractivity contribution in [3.63, 3.8) is 0 Å². The third-order valence-corrected chi connectivity index (χ3v) is 5.47. The van der Waals surface area contributed by atoms with E-state index >= 15 is 0 Å². The van der Waals surface area contributed by atoms with E-state index in [1.807, 2.05) is 4.90 Å². The largest absolute Gasteiger partial charge is 0.342 e. The fraction of sp³-hybridized carbons (Fsp3) is 0.632. The Labute approximate surface area is 151 Å². The van der Waals surface area contributed by atoms with Crippen LogP contribution >= 0.6 is 0 Å². The summed E-state index contributed by atoms with van der Waals surface area (Å²) in [5, 5.41) is 0. The van der Waals surface area contributed by atoms with Gasteiger partial charge in [-0.05, 0) is 42.2 Å². The molecule has 1 amide bonds. The molecule has 1 aromatic carbocycles. The Kier molecular flexibility index (Phi) is 7.02. The number of rotatable bonds is 7. The van der Waals surface area contributed by atoms with Crippen molar-refractivity contribution in [2.24, 2.45) is 5.92 Å². The van der Waals surface area contributed by atoms with Gasteiger partial charge in [0.1, 0.15) is 0 Å². The van der Waals surface area contributed by atoms with Crippen LogP contribution in [0.1, 0.15) is 50.2 Å². The van der Waals surface area contributed by atoms with Crippen molar-refractivity contribution in [3.8, 4) is 0 Å². The molecule has 5 nitrogen and oxygen atoms in total. The van der Waals surface area contributed by atoms with Crippen LogP contribution in [0.2, 0.25) is 0 Å². The highest BCUT2D eigenvalue weighted by Crippen LogP contribution is 2.18. The average Bonchev–Trinajstić information content (AvgIpc) is 2.58. The van der Waals surface area contributed by atoms with Gasteiger partial charge in [-0.1, -0.05) is 38.1 Å². The zero-order chi connectivity index (χ0) is 18.4. The Morgan fingerprint density at radius 1 is 1.28 bits per heavy atom. The maximum atomic E-state index is 12.5. The van der Waals surface area contributed by atoms with Crippen LogP contribution in [0, 0.1) is 5.92 Å². The van der Waals surface area contributed by atoms with Gasteiger partial charge in [-0.2, -0.15) is 0 Å². The highest BCUT2D eigenvalue weighted by atomic mass is 32.2. The van der Waals surface area contributed by atoms with Gasteiger partial charge in [0.15, 0.2) is 0 Å². The molecular formula is C19H30N2O3S. The molecule has 25 heavy (non-hydrogen) atoms. The van der Waals surface area contributed by atoms with E-state index in [0.717, 1.165) is 25.8 Å².